The molecule has 0 spiro atoms. The molecule has 1 aromatic heterocycles. The number of nitrogens with zero attached hydrogens (tertiary/aromatic N) is 1. The molecule has 3 nitrogen and oxygen atoms in total. The molecule has 1 rings (SSSR count). The number of rotatable bonds is 6. The fourth-order valence-corrected chi connectivity index (χ4v) is 1.17. The lowest BCUT2D eigenvalue weighted by Crippen LogP contribution is -2.31. The number of nitrogens with one attached hydrogen (secondary N) is 2. The highest BCUT2D eigenvalue weighted by atomic mass is 15.0. The minimum Gasteiger partial charge on any atom is -0.313 e. The van der Waals surface area contributed by atoms with Crippen LogP contribution in [0.15, 0.2) is 24.4 Å². The van der Waals surface area contributed by atoms with Crippen molar-refractivity contribution in [1.82, 2.24) is 15.6 Å². The third-order valence-corrected chi connectivity index (χ3v) is 1.89. The predicted molar refractivity (Wildman–Crippen MR) is 59.1 cm³/mol. The van der Waals surface area contributed by atoms with Crippen LogP contribution in [0.3, 0.4) is 0 Å². The lowest BCUT2D eigenvalue weighted by atomic mass is 10.3. The van der Waals surface area contributed by atoms with E-state index in [1.165, 1.54) is 0 Å². The van der Waals surface area contributed by atoms with Gasteiger partial charge in [0.05, 0.1) is 5.69 Å². The average molecular weight is 193 g/mol. The molecule has 2 N–H and O–H groups in total. The zero-order valence-corrected chi connectivity index (χ0v) is 8.96. The van der Waals surface area contributed by atoms with Gasteiger partial charge in [0, 0.05) is 31.9 Å². The van der Waals surface area contributed by atoms with Gasteiger partial charge in [-0.1, -0.05) is 19.9 Å². The number of hydrogen-bond acceptors (Lipinski definition) is 3. The quantitative estimate of drug-likeness (QED) is 0.666. The van der Waals surface area contributed by atoms with Crippen molar-refractivity contribution in [3.63, 3.8) is 0 Å². The highest BCUT2D eigenvalue weighted by Gasteiger charge is 1.93. The van der Waals surface area contributed by atoms with Crippen LogP contribution in [0.2, 0.25) is 0 Å². The normalized spacial score (nSPS) is 10.8. The lowest BCUT2D eigenvalue weighted by molar-refractivity contribution is 0.553. The first-order valence-corrected chi connectivity index (χ1v) is 5.13. The van der Waals surface area contributed by atoms with E-state index in [0.717, 1.165) is 25.3 Å². The molecular weight excluding hydrogens is 174 g/mol. The summed E-state index contributed by atoms with van der Waals surface area (Å²) in [6.45, 7) is 7.14. The molecule has 0 radical (unpaired) electrons. The molecule has 0 bridgehead atoms. The van der Waals surface area contributed by atoms with E-state index < -0.39 is 0 Å². The topological polar surface area (TPSA) is 37.0 Å². The van der Waals surface area contributed by atoms with Crippen molar-refractivity contribution >= 4 is 0 Å². The molecule has 78 valence electrons. The maximum Gasteiger partial charge on any atom is 0.0541 e. The Morgan fingerprint density at radius 2 is 2.14 bits per heavy atom. The van der Waals surface area contributed by atoms with Crippen LogP contribution in [0.1, 0.15) is 19.5 Å². The lowest BCUT2D eigenvalue weighted by Gasteiger charge is -2.08. The smallest absolute Gasteiger partial charge is 0.0541 e. The molecule has 0 saturated carbocycles. The highest BCUT2D eigenvalue weighted by molar-refractivity contribution is 5.02. The largest absolute Gasteiger partial charge is 0.313 e. The molecule has 0 aliphatic carbocycles. The Labute approximate surface area is 85.9 Å². The molecule has 0 aromatic carbocycles. The zero-order chi connectivity index (χ0) is 10.2. The summed E-state index contributed by atoms with van der Waals surface area (Å²) in [4.78, 5) is 4.23. The van der Waals surface area contributed by atoms with Crippen molar-refractivity contribution < 1.29 is 0 Å². The Balaban J connectivity index is 2.05. The van der Waals surface area contributed by atoms with Gasteiger partial charge >= 0.3 is 0 Å². The van der Waals surface area contributed by atoms with Crippen LogP contribution < -0.4 is 10.6 Å². The molecule has 0 aliphatic rings. The van der Waals surface area contributed by atoms with Gasteiger partial charge in [-0.05, 0) is 12.1 Å². The summed E-state index contributed by atoms with van der Waals surface area (Å²) in [6, 6.07) is 6.54. The van der Waals surface area contributed by atoms with Crippen molar-refractivity contribution in [1.29, 1.82) is 0 Å². The molecule has 0 atom stereocenters. The second-order valence-electron chi connectivity index (χ2n) is 3.61. The minimum atomic E-state index is 0.562. The number of hydrogen-bond donors (Lipinski definition) is 2. The second-order valence-corrected chi connectivity index (χ2v) is 3.61. The maximum atomic E-state index is 4.23. The van der Waals surface area contributed by atoms with Crippen LogP contribution in [0.25, 0.3) is 0 Å². The van der Waals surface area contributed by atoms with Gasteiger partial charge in [-0.3, -0.25) is 4.98 Å². The number of pyridine rings is 1. The molecule has 0 unspecified atom stereocenters. The Bertz CT molecular complexity index is 234. The second kappa shape index (κ2) is 6.51. The molecule has 14 heavy (non-hydrogen) atoms. The summed E-state index contributed by atoms with van der Waals surface area (Å²) in [7, 11) is 0. The van der Waals surface area contributed by atoms with E-state index in [2.05, 4.69) is 29.5 Å². The van der Waals surface area contributed by atoms with Crippen LogP contribution in [-0.2, 0) is 6.54 Å². The fraction of sp³-hybridized carbons (Fsp3) is 0.545. The van der Waals surface area contributed by atoms with Gasteiger partial charge in [0.1, 0.15) is 0 Å². The Morgan fingerprint density at radius 3 is 2.79 bits per heavy atom. The van der Waals surface area contributed by atoms with E-state index >= 15 is 0 Å². The highest BCUT2D eigenvalue weighted by Crippen LogP contribution is 1.90. The van der Waals surface area contributed by atoms with Crippen LogP contribution >= 0.6 is 0 Å². The summed E-state index contributed by atoms with van der Waals surface area (Å²) < 4.78 is 0. The Hall–Kier alpha value is -0.930. The molecular formula is C11H19N3. The standard InChI is InChI=1S/C11H19N3/c1-10(2)13-8-7-12-9-11-5-3-4-6-14-11/h3-6,10,12-13H,7-9H2,1-2H3. The van der Waals surface area contributed by atoms with Gasteiger partial charge in [-0.15, -0.1) is 0 Å². The van der Waals surface area contributed by atoms with Crippen LogP contribution in [0, 0.1) is 0 Å². The summed E-state index contributed by atoms with van der Waals surface area (Å²) >= 11 is 0. The van der Waals surface area contributed by atoms with Crippen molar-refractivity contribution in [2.45, 2.75) is 26.4 Å². The average Bonchev–Trinajstić information content (AvgIpc) is 2.18. The van der Waals surface area contributed by atoms with E-state index in [0.29, 0.717) is 6.04 Å². The summed E-state index contributed by atoms with van der Waals surface area (Å²) in [6.07, 6.45) is 1.82. The SMILES string of the molecule is CC(C)NCCNCc1ccccn1. The first-order valence-electron chi connectivity index (χ1n) is 5.13. The molecule has 3 heteroatoms. The molecule has 0 saturated heterocycles. The molecule has 1 heterocycles. The van der Waals surface area contributed by atoms with Crippen LogP contribution in [0.4, 0.5) is 0 Å². The van der Waals surface area contributed by atoms with Gasteiger partial charge < -0.3 is 10.6 Å². The van der Waals surface area contributed by atoms with Gasteiger partial charge in [0.15, 0.2) is 0 Å². The van der Waals surface area contributed by atoms with Crippen molar-refractivity contribution in [3.8, 4) is 0 Å². The third kappa shape index (κ3) is 4.94. The first kappa shape index (κ1) is 11.1. The fourth-order valence-electron chi connectivity index (χ4n) is 1.17. The number of aromatic nitrogens is 1. The van der Waals surface area contributed by atoms with Crippen molar-refractivity contribution in [2.24, 2.45) is 0 Å². The molecule has 0 amide bonds. The van der Waals surface area contributed by atoms with Gasteiger partial charge in [-0.2, -0.15) is 0 Å². The molecule has 1 aromatic rings. The van der Waals surface area contributed by atoms with Crippen LogP contribution in [0.5, 0.6) is 0 Å². The summed E-state index contributed by atoms with van der Waals surface area (Å²) in [5.41, 5.74) is 1.09. The van der Waals surface area contributed by atoms with E-state index in [4.69, 9.17) is 0 Å². The third-order valence-electron chi connectivity index (χ3n) is 1.89. The first-order chi connectivity index (χ1) is 6.79. The van der Waals surface area contributed by atoms with E-state index in [1.807, 2.05) is 24.4 Å². The minimum absolute atomic E-state index is 0.562. The molecule has 0 aliphatic heterocycles. The van der Waals surface area contributed by atoms with E-state index in [-0.39, 0.29) is 0 Å². The Kier molecular flexibility index (Phi) is 5.19. The summed E-state index contributed by atoms with van der Waals surface area (Å²) in [5, 5.41) is 6.68. The van der Waals surface area contributed by atoms with Crippen molar-refractivity contribution in [2.75, 3.05) is 13.1 Å². The summed E-state index contributed by atoms with van der Waals surface area (Å²) in [5.74, 6) is 0. The van der Waals surface area contributed by atoms with Gasteiger partial charge in [0.2, 0.25) is 0 Å². The monoisotopic (exact) mass is 193 g/mol. The van der Waals surface area contributed by atoms with Gasteiger partial charge in [0.25, 0.3) is 0 Å². The Morgan fingerprint density at radius 1 is 1.29 bits per heavy atom. The predicted octanol–water partition coefficient (Wildman–Crippen LogP) is 1.17. The zero-order valence-electron chi connectivity index (χ0n) is 8.96. The van der Waals surface area contributed by atoms with Crippen molar-refractivity contribution in [3.05, 3.63) is 30.1 Å². The maximum absolute atomic E-state index is 4.23. The van der Waals surface area contributed by atoms with E-state index in [9.17, 15) is 0 Å². The van der Waals surface area contributed by atoms with Gasteiger partial charge in [-0.25, -0.2) is 0 Å². The van der Waals surface area contributed by atoms with Crippen LogP contribution in [-0.4, -0.2) is 24.1 Å². The van der Waals surface area contributed by atoms with E-state index in [1.54, 1.807) is 0 Å². The molecule has 0 fully saturated rings.